The third kappa shape index (κ3) is 2.61. The van der Waals surface area contributed by atoms with Crippen LogP contribution in [0.4, 0.5) is 5.82 Å². The van der Waals surface area contributed by atoms with E-state index in [0.717, 1.165) is 17.7 Å². The normalized spacial score (nSPS) is 14.6. The quantitative estimate of drug-likeness (QED) is 0.721. The molecular formula is C11H20N4O. The largest absolute Gasteiger partial charge is 0.320 e. The van der Waals surface area contributed by atoms with E-state index >= 15 is 0 Å². The van der Waals surface area contributed by atoms with Gasteiger partial charge in [-0.05, 0) is 19.8 Å². The summed E-state index contributed by atoms with van der Waals surface area (Å²) in [5.74, 6) is 0.561. The van der Waals surface area contributed by atoms with Crippen molar-refractivity contribution in [1.82, 2.24) is 10.2 Å². The number of nitrogens with two attached hydrogens (primary N) is 1. The summed E-state index contributed by atoms with van der Waals surface area (Å²) in [6, 6.07) is -0.485. The van der Waals surface area contributed by atoms with Crippen LogP contribution in [0.15, 0.2) is 0 Å². The van der Waals surface area contributed by atoms with Crippen molar-refractivity contribution in [3.05, 3.63) is 11.3 Å². The average molecular weight is 224 g/mol. The van der Waals surface area contributed by atoms with Crippen LogP contribution in [0.3, 0.4) is 0 Å². The van der Waals surface area contributed by atoms with Gasteiger partial charge in [-0.15, -0.1) is 0 Å². The molecule has 0 aliphatic heterocycles. The number of rotatable bonds is 4. The van der Waals surface area contributed by atoms with Gasteiger partial charge in [0.15, 0.2) is 5.82 Å². The average Bonchev–Trinajstić information content (AvgIpc) is 2.58. The van der Waals surface area contributed by atoms with Crippen molar-refractivity contribution in [2.45, 2.75) is 40.2 Å². The molecule has 0 aromatic carbocycles. The van der Waals surface area contributed by atoms with Gasteiger partial charge in [0.05, 0.1) is 6.04 Å². The van der Waals surface area contributed by atoms with Crippen molar-refractivity contribution < 1.29 is 4.79 Å². The van der Waals surface area contributed by atoms with Gasteiger partial charge >= 0.3 is 0 Å². The van der Waals surface area contributed by atoms with Crippen LogP contribution in [0.1, 0.15) is 31.5 Å². The maximum Gasteiger partial charge on any atom is 0.242 e. The Kier molecular flexibility index (Phi) is 4.06. The number of hydrogen-bond donors (Lipinski definition) is 3. The molecule has 0 bridgehead atoms. The van der Waals surface area contributed by atoms with Crippen LogP contribution in [0.5, 0.6) is 0 Å². The summed E-state index contributed by atoms with van der Waals surface area (Å²) in [4.78, 5) is 11.8. The number of hydrogen-bond acceptors (Lipinski definition) is 3. The van der Waals surface area contributed by atoms with Crippen molar-refractivity contribution in [2.75, 3.05) is 5.32 Å². The van der Waals surface area contributed by atoms with Gasteiger partial charge in [0.2, 0.25) is 5.91 Å². The molecule has 0 aliphatic rings. The molecule has 2 unspecified atom stereocenters. The fourth-order valence-corrected chi connectivity index (χ4v) is 1.32. The topological polar surface area (TPSA) is 83.8 Å². The Hall–Kier alpha value is -1.36. The molecule has 1 aromatic heterocycles. The Morgan fingerprint density at radius 2 is 2.19 bits per heavy atom. The number of H-pyrrole nitrogens is 1. The minimum absolute atomic E-state index is 0.167. The number of nitrogens with zero attached hydrogens (tertiary/aromatic N) is 1. The minimum Gasteiger partial charge on any atom is -0.320 e. The first kappa shape index (κ1) is 12.7. The lowest BCUT2D eigenvalue weighted by molar-refractivity contribution is -0.118. The fourth-order valence-electron chi connectivity index (χ4n) is 1.32. The molecule has 0 spiro atoms. The molecule has 1 rings (SSSR count). The van der Waals surface area contributed by atoms with Crippen LogP contribution < -0.4 is 11.1 Å². The number of anilines is 1. The maximum absolute atomic E-state index is 11.8. The molecule has 90 valence electrons. The van der Waals surface area contributed by atoms with Gasteiger partial charge in [-0.25, -0.2) is 0 Å². The van der Waals surface area contributed by atoms with Crippen LogP contribution in [-0.4, -0.2) is 22.1 Å². The third-order valence-electron chi connectivity index (χ3n) is 3.05. The summed E-state index contributed by atoms with van der Waals surface area (Å²) in [5.41, 5.74) is 7.73. The third-order valence-corrected chi connectivity index (χ3v) is 3.05. The van der Waals surface area contributed by atoms with Crippen molar-refractivity contribution in [2.24, 2.45) is 11.7 Å². The Bertz CT molecular complexity index is 372. The van der Waals surface area contributed by atoms with Crippen LogP contribution in [0.2, 0.25) is 0 Å². The first-order chi connectivity index (χ1) is 7.47. The van der Waals surface area contributed by atoms with Crippen LogP contribution >= 0.6 is 0 Å². The van der Waals surface area contributed by atoms with E-state index in [9.17, 15) is 4.79 Å². The van der Waals surface area contributed by atoms with Crippen molar-refractivity contribution in [1.29, 1.82) is 0 Å². The molecule has 0 aliphatic carbocycles. The molecule has 2 atom stereocenters. The van der Waals surface area contributed by atoms with E-state index < -0.39 is 6.04 Å². The van der Waals surface area contributed by atoms with Crippen molar-refractivity contribution in [3.8, 4) is 0 Å². The zero-order chi connectivity index (χ0) is 12.3. The van der Waals surface area contributed by atoms with E-state index in [2.05, 4.69) is 15.5 Å². The predicted octanol–water partition coefficient (Wildman–Crippen LogP) is 1.34. The number of nitrogens with one attached hydrogen (secondary N) is 2. The van der Waals surface area contributed by atoms with Gasteiger partial charge in [0, 0.05) is 11.3 Å². The molecular weight excluding hydrogens is 204 g/mol. The highest BCUT2D eigenvalue weighted by Gasteiger charge is 2.20. The van der Waals surface area contributed by atoms with Gasteiger partial charge in [0.25, 0.3) is 0 Å². The van der Waals surface area contributed by atoms with Crippen molar-refractivity contribution >= 4 is 11.7 Å². The Balaban J connectivity index is 2.68. The molecule has 1 aromatic rings. The van der Waals surface area contributed by atoms with E-state index in [-0.39, 0.29) is 11.8 Å². The zero-order valence-electron chi connectivity index (χ0n) is 10.3. The van der Waals surface area contributed by atoms with Crippen LogP contribution in [0, 0.1) is 19.8 Å². The zero-order valence-corrected chi connectivity index (χ0v) is 10.3. The second-order valence-electron chi connectivity index (χ2n) is 4.22. The lowest BCUT2D eigenvalue weighted by Gasteiger charge is -2.17. The highest BCUT2D eigenvalue weighted by molar-refractivity contribution is 5.94. The van der Waals surface area contributed by atoms with Gasteiger partial charge in [-0.3, -0.25) is 9.89 Å². The summed E-state index contributed by atoms with van der Waals surface area (Å²) in [5, 5.41) is 9.57. The predicted molar refractivity (Wildman–Crippen MR) is 64.1 cm³/mol. The van der Waals surface area contributed by atoms with Gasteiger partial charge in [-0.1, -0.05) is 20.3 Å². The molecule has 5 nitrogen and oxygen atoms in total. The SMILES string of the molecule is CCC(C)C(N)C(=O)Nc1n[nH]c(C)c1C. The summed E-state index contributed by atoms with van der Waals surface area (Å²) in [6.45, 7) is 7.80. The van der Waals surface area contributed by atoms with Crippen molar-refractivity contribution in [3.63, 3.8) is 0 Å². The molecule has 0 saturated heterocycles. The smallest absolute Gasteiger partial charge is 0.242 e. The highest BCUT2D eigenvalue weighted by Crippen LogP contribution is 2.15. The first-order valence-corrected chi connectivity index (χ1v) is 5.55. The van der Waals surface area contributed by atoms with E-state index in [1.54, 1.807) is 0 Å². The van der Waals surface area contributed by atoms with Gasteiger partial charge in [0.1, 0.15) is 0 Å². The monoisotopic (exact) mass is 224 g/mol. The van der Waals surface area contributed by atoms with Gasteiger partial charge < -0.3 is 11.1 Å². The molecule has 1 heterocycles. The van der Waals surface area contributed by atoms with E-state index in [1.807, 2.05) is 27.7 Å². The second-order valence-corrected chi connectivity index (χ2v) is 4.22. The van der Waals surface area contributed by atoms with Crippen LogP contribution in [0.25, 0.3) is 0 Å². The van der Waals surface area contributed by atoms with E-state index in [1.165, 1.54) is 0 Å². The van der Waals surface area contributed by atoms with Gasteiger partial charge in [-0.2, -0.15) is 5.10 Å². The number of aromatic amines is 1. The highest BCUT2D eigenvalue weighted by atomic mass is 16.2. The minimum atomic E-state index is -0.485. The molecule has 0 fully saturated rings. The standard InChI is InChI=1S/C11H20N4O/c1-5-6(2)9(12)11(16)13-10-7(3)8(4)14-15-10/h6,9H,5,12H2,1-4H3,(H2,13,14,15,16). The molecule has 5 heteroatoms. The van der Waals surface area contributed by atoms with E-state index in [0.29, 0.717) is 5.82 Å². The Morgan fingerprint density at radius 1 is 1.56 bits per heavy atom. The van der Waals surface area contributed by atoms with Crippen LogP contribution in [-0.2, 0) is 4.79 Å². The summed E-state index contributed by atoms with van der Waals surface area (Å²) < 4.78 is 0. The first-order valence-electron chi connectivity index (χ1n) is 5.55. The Morgan fingerprint density at radius 3 is 2.62 bits per heavy atom. The second kappa shape index (κ2) is 5.12. The summed E-state index contributed by atoms with van der Waals surface area (Å²) in [7, 11) is 0. The number of aromatic nitrogens is 2. The number of aryl methyl sites for hydroxylation is 1. The molecule has 4 N–H and O–H groups in total. The summed E-state index contributed by atoms with van der Waals surface area (Å²) in [6.07, 6.45) is 0.882. The number of amides is 1. The lowest BCUT2D eigenvalue weighted by Crippen LogP contribution is -2.40. The number of carbonyl (C=O) groups excluding carboxylic acids is 1. The Labute approximate surface area is 95.8 Å². The lowest BCUT2D eigenvalue weighted by atomic mass is 9.99. The maximum atomic E-state index is 11.8. The summed E-state index contributed by atoms with van der Waals surface area (Å²) >= 11 is 0. The molecule has 0 saturated carbocycles. The van der Waals surface area contributed by atoms with E-state index in [4.69, 9.17) is 5.73 Å². The number of carbonyl (C=O) groups is 1. The molecule has 1 amide bonds. The molecule has 16 heavy (non-hydrogen) atoms. The molecule has 0 radical (unpaired) electrons. The fraction of sp³-hybridized carbons (Fsp3) is 0.636.